The smallest absolute Gasteiger partial charge is 0.260 e. The highest BCUT2D eigenvalue weighted by molar-refractivity contribution is 6.30. The van der Waals surface area contributed by atoms with Gasteiger partial charge < -0.3 is 15.0 Å². The number of carbonyl (C=O) groups excluding carboxylic acids is 1. The Kier molecular flexibility index (Phi) is 5.88. The average molecular weight is 311 g/mol. The predicted molar refractivity (Wildman–Crippen MR) is 84.8 cm³/mol. The number of amides is 1. The molecule has 2 rings (SSSR count). The molecule has 1 saturated heterocycles. The van der Waals surface area contributed by atoms with Gasteiger partial charge in [0.1, 0.15) is 5.75 Å². The summed E-state index contributed by atoms with van der Waals surface area (Å²) in [4.78, 5) is 14.6. The van der Waals surface area contributed by atoms with Crippen molar-refractivity contribution < 1.29 is 9.53 Å². The van der Waals surface area contributed by atoms with E-state index < -0.39 is 6.10 Å². The first-order chi connectivity index (χ1) is 10.1. The Morgan fingerprint density at radius 2 is 2.19 bits per heavy atom. The third-order valence-electron chi connectivity index (χ3n) is 3.86. The molecule has 21 heavy (non-hydrogen) atoms. The zero-order chi connectivity index (χ0) is 15.2. The predicted octanol–water partition coefficient (Wildman–Crippen LogP) is 2.71. The monoisotopic (exact) mass is 310 g/mol. The van der Waals surface area contributed by atoms with E-state index in [-0.39, 0.29) is 11.9 Å². The van der Waals surface area contributed by atoms with Gasteiger partial charge in [-0.25, -0.2) is 0 Å². The van der Waals surface area contributed by atoms with E-state index in [9.17, 15) is 4.79 Å². The number of nitrogens with zero attached hydrogens (tertiary/aromatic N) is 1. The lowest BCUT2D eigenvalue weighted by molar-refractivity contribution is -0.128. The first-order valence-corrected chi connectivity index (χ1v) is 7.91. The summed E-state index contributed by atoms with van der Waals surface area (Å²) in [5.41, 5.74) is 0. The largest absolute Gasteiger partial charge is 0.481 e. The average Bonchev–Trinajstić information content (AvgIpc) is 2.48. The number of nitrogens with one attached hydrogen (secondary N) is 1. The molecule has 1 aliphatic heterocycles. The number of ether oxygens (including phenoxy) is 1. The third-order valence-corrected chi connectivity index (χ3v) is 4.09. The molecule has 1 heterocycles. The lowest BCUT2D eigenvalue weighted by atomic mass is 10.0. The molecule has 1 aromatic carbocycles. The normalized spacial score (nSPS) is 18.2. The minimum Gasteiger partial charge on any atom is -0.481 e. The summed E-state index contributed by atoms with van der Waals surface area (Å²) in [6.07, 6.45) is 1.49. The van der Waals surface area contributed by atoms with Crippen LogP contribution >= 0.6 is 11.6 Å². The summed E-state index contributed by atoms with van der Waals surface area (Å²) < 4.78 is 5.63. The number of benzene rings is 1. The second-order valence-corrected chi connectivity index (χ2v) is 5.87. The molecule has 0 unspecified atom stereocenters. The number of hydrogen-bond acceptors (Lipinski definition) is 3. The summed E-state index contributed by atoms with van der Waals surface area (Å²) in [5.74, 6) is 0.552. The van der Waals surface area contributed by atoms with Gasteiger partial charge in [0, 0.05) is 24.2 Å². The van der Waals surface area contributed by atoms with E-state index in [1.807, 2.05) is 6.07 Å². The quantitative estimate of drug-likeness (QED) is 0.909. The van der Waals surface area contributed by atoms with Gasteiger partial charge >= 0.3 is 0 Å². The van der Waals surface area contributed by atoms with Crippen LogP contribution < -0.4 is 10.1 Å². The molecule has 116 valence electrons. The maximum Gasteiger partial charge on any atom is 0.260 e. The molecule has 5 heteroatoms. The van der Waals surface area contributed by atoms with Gasteiger partial charge in [-0.05, 0) is 44.5 Å². The Labute approximate surface area is 131 Å². The Balaban J connectivity index is 1.80. The fourth-order valence-corrected chi connectivity index (χ4v) is 2.69. The summed E-state index contributed by atoms with van der Waals surface area (Å²) >= 11 is 5.91. The molecule has 0 aliphatic carbocycles. The number of halogens is 1. The maximum atomic E-state index is 12.2. The number of likely N-dealkylation sites (tertiary alicyclic amines) is 1. The van der Waals surface area contributed by atoms with Crippen LogP contribution in [-0.4, -0.2) is 42.6 Å². The SMILES string of the molecule is CCN1CCC(NC(=O)[C@@H](C)Oc2cccc(Cl)c2)CC1. The van der Waals surface area contributed by atoms with Crippen LogP contribution in [-0.2, 0) is 4.79 Å². The van der Waals surface area contributed by atoms with Gasteiger partial charge in [0.25, 0.3) is 5.91 Å². The highest BCUT2D eigenvalue weighted by Crippen LogP contribution is 2.18. The molecule has 0 radical (unpaired) electrons. The fourth-order valence-electron chi connectivity index (χ4n) is 2.51. The van der Waals surface area contributed by atoms with Crippen molar-refractivity contribution in [3.63, 3.8) is 0 Å². The van der Waals surface area contributed by atoms with E-state index in [1.165, 1.54) is 0 Å². The molecule has 1 N–H and O–H groups in total. The van der Waals surface area contributed by atoms with E-state index in [1.54, 1.807) is 25.1 Å². The number of piperidine rings is 1. The summed E-state index contributed by atoms with van der Waals surface area (Å²) in [6.45, 7) is 7.10. The first kappa shape index (κ1) is 16.1. The molecule has 0 saturated carbocycles. The third kappa shape index (κ3) is 4.90. The van der Waals surface area contributed by atoms with Crippen molar-refractivity contribution in [2.24, 2.45) is 0 Å². The number of rotatable bonds is 5. The molecule has 0 aromatic heterocycles. The van der Waals surface area contributed by atoms with E-state index in [0.29, 0.717) is 10.8 Å². The first-order valence-electron chi connectivity index (χ1n) is 7.53. The minimum atomic E-state index is -0.521. The van der Waals surface area contributed by atoms with Crippen LogP contribution in [0.4, 0.5) is 0 Å². The van der Waals surface area contributed by atoms with E-state index in [4.69, 9.17) is 16.3 Å². The highest BCUT2D eigenvalue weighted by Gasteiger charge is 2.22. The van der Waals surface area contributed by atoms with Crippen molar-refractivity contribution in [2.75, 3.05) is 19.6 Å². The summed E-state index contributed by atoms with van der Waals surface area (Å²) in [6, 6.07) is 7.36. The van der Waals surface area contributed by atoms with Gasteiger partial charge in [-0.15, -0.1) is 0 Å². The van der Waals surface area contributed by atoms with E-state index in [0.717, 1.165) is 32.5 Å². The van der Waals surface area contributed by atoms with Crippen molar-refractivity contribution in [1.82, 2.24) is 10.2 Å². The lowest BCUT2D eigenvalue weighted by Gasteiger charge is -2.32. The van der Waals surface area contributed by atoms with Crippen molar-refractivity contribution >= 4 is 17.5 Å². The second kappa shape index (κ2) is 7.66. The van der Waals surface area contributed by atoms with Crippen LogP contribution in [0, 0.1) is 0 Å². The number of carbonyl (C=O) groups is 1. The Bertz CT molecular complexity index is 473. The zero-order valence-corrected chi connectivity index (χ0v) is 13.4. The van der Waals surface area contributed by atoms with Crippen LogP contribution in [0.1, 0.15) is 26.7 Å². The molecular formula is C16H23ClN2O2. The molecule has 0 spiro atoms. The van der Waals surface area contributed by atoms with E-state index in [2.05, 4.69) is 17.1 Å². The van der Waals surface area contributed by atoms with Gasteiger partial charge in [-0.2, -0.15) is 0 Å². The van der Waals surface area contributed by atoms with Crippen LogP contribution in [0.2, 0.25) is 5.02 Å². The molecule has 4 nitrogen and oxygen atoms in total. The molecule has 1 amide bonds. The summed E-state index contributed by atoms with van der Waals surface area (Å²) in [5, 5.41) is 3.68. The molecule has 0 bridgehead atoms. The molecule has 1 atom stereocenters. The van der Waals surface area contributed by atoms with Crippen LogP contribution in [0.3, 0.4) is 0 Å². The maximum absolute atomic E-state index is 12.2. The standard InChI is InChI=1S/C16H23ClN2O2/c1-3-19-9-7-14(8-10-19)18-16(20)12(2)21-15-6-4-5-13(17)11-15/h4-6,11-12,14H,3,7-10H2,1-2H3,(H,18,20)/t12-/m1/s1. The van der Waals surface area contributed by atoms with Gasteiger partial charge in [0.15, 0.2) is 6.10 Å². The summed E-state index contributed by atoms with van der Waals surface area (Å²) in [7, 11) is 0. The Morgan fingerprint density at radius 1 is 1.48 bits per heavy atom. The minimum absolute atomic E-state index is 0.0649. The van der Waals surface area contributed by atoms with Crippen molar-refractivity contribution in [1.29, 1.82) is 0 Å². The van der Waals surface area contributed by atoms with Crippen LogP contribution in [0.5, 0.6) is 5.75 Å². The van der Waals surface area contributed by atoms with Gasteiger partial charge in [0.05, 0.1) is 0 Å². The van der Waals surface area contributed by atoms with Gasteiger partial charge in [-0.1, -0.05) is 24.6 Å². The molecular weight excluding hydrogens is 288 g/mol. The van der Waals surface area contributed by atoms with Gasteiger partial charge in [0.2, 0.25) is 0 Å². The lowest BCUT2D eigenvalue weighted by Crippen LogP contribution is -2.48. The molecule has 1 fully saturated rings. The van der Waals surface area contributed by atoms with Crippen molar-refractivity contribution in [2.45, 2.75) is 38.8 Å². The topological polar surface area (TPSA) is 41.6 Å². The fraction of sp³-hybridized carbons (Fsp3) is 0.562. The van der Waals surface area contributed by atoms with Crippen molar-refractivity contribution in [3.8, 4) is 5.75 Å². The van der Waals surface area contributed by atoms with Gasteiger partial charge in [-0.3, -0.25) is 4.79 Å². The van der Waals surface area contributed by atoms with Crippen LogP contribution in [0.15, 0.2) is 24.3 Å². The zero-order valence-electron chi connectivity index (χ0n) is 12.6. The van der Waals surface area contributed by atoms with Crippen LogP contribution in [0.25, 0.3) is 0 Å². The van der Waals surface area contributed by atoms with E-state index >= 15 is 0 Å². The molecule has 1 aromatic rings. The Morgan fingerprint density at radius 3 is 2.81 bits per heavy atom. The molecule has 1 aliphatic rings. The second-order valence-electron chi connectivity index (χ2n) is 5.43. The highest BCUT2D eigenvalue weighted by atomic mass is 35.5. The Hall–Kier alpha value is -1.26. The number of hydrogen-bond donors (Lipinski definition) is 1. The van der Waals surface area contributed by atoms with Crippen molar-refractivity contribution in [3.05, 3.63) is 29.3 Å².